The number of aryl methyl sites for hydroxylation is 1. The van der Waals surface area contributed by atoms with Crippen molar-refractivity contribution in [3.8, 4) is 22.5 Å². The Morgan fingerprint density at radius 1 is 1.09 bits per heavy atom. The molecule has 0 atom stereocenters. The fourth-order valence-electron chi connectivity index (χ4n) is 2.13. The quantitative estimate of drug-likeness (QED) is 0.690. The topological polar surface area (TPSA) is 86.0 Å². The lowest BCUT2D eigenvalue weighted by Crippen LogP contribution is -2.04. The van der Waals surface area contributed by atoms with E-state index in [1.54, 1.807) is 13.0 Å². The minimum absolute atomic E-state index is 0.218. The Bertz CT molecular complexity index is 918. The van der Waals surface area contributed by atoms with E-state index in [9.17, 15) is 8.42 Å². The molecule has 0 aliphatic carbocycles. The highest BCUT2D eigenvalue weighted by Gasteiger charge is 2.20. The first-order valence-corrected chi connectivity index (χ1v) is 8.41. The smallest absolute Gasteiger partial charge is 0.247 e. The van der Waals surface area contributed by atoms with E-state index >= 15 is 0 Å². The number of benzene rings is 1. The molecule has 0 N–H and O–H groups in total. The molecule has 1 aromatic carbocycles. The van der Waals surface area contributed by atoms with E-state index in [-0.39, 0.29) is 5.16 Å². The minimum atomic E-state index is -3.48. The van der Waals surface area contributed by atoms with Crippen LogP contribution in [0.1, 0.15) is 5.76 Å². The van der Waals surface area contributed by atoms with E-state index in [0.717, 1.165) is 11.8 Å². The van der Waals surface area contributed by atoms with Crippen molar-refractivity contribution in [2.45, 2.75) is 12.1 Å². The average molecular weight is 315 g/mol. The standard InChI is InChI=1S/C15H13N3O3S/c1-10-13(12-8-9-16-15(17-12)22(2,19)20)14(18-21-10)11-6-4-3-5-7-11/h3-9H,1-2H3. The van der Waals surface area contributed by atoms with Crippen LogP contribution < -0.4 is 0 Å². The van der Waals surface area contributed by atoms with Gasteiger partial charge in [-0.15, -0.1) is 0 Å². The van der Waals surface area contributed by atoms with Crippen LogP contribution in [0.4, 0.5) is 0 Å². The van der Waals surface area contributed by atoms with Crippen molar-refractivity contribution in [3.05, 3.63) is 48.4 Å². The first-order valence-electron chi connectivity index (χ1n) is 6.52. The number of nitrogens with zero attached hydrogens (tertiary/aromatic N) is 3. The van der Waals surface area contributed by atoms with Crippen LogP contribution in [0.15, 0.2) is 52.3 Å². The summed E-state index contributed by atoms with van der Waals surface area (Å²) in [5.41, 5.74) is 2.62. The van der Waals surface area contributed by atoms with Crippen LogP contribution in [-0.4, -0.2) is 29.8 Å². The molecule has 0 aliphatic rings. The fraction of sp³-hybridized carbons (Fsp3) is 0.133. The molecular weight excluding hydrogens is 302 g/mol. The highest BCUT2D eigenvalue weighted by molar-refractivity contribution is 7.90. The maximum Gasteiger partial charge on any atom is 0.247 e. The second kappa shape index (κ2) is 5.34. The molecule has 0 fully saturated rings. The molecule has 3 rings (SSSR count). The molecule has 112 valence electrons. The Kier molecular flexibility index (Phi) is 3.50. The van der Waals surface area contributed by atoms with Crippen LogP contribution in [0.2, 0.25) is 0 Å². The molecule has 0 saturated heterocycles. The largest absolute Gasteiger partial charge is 0.360 e. The Hall–Kier alpha value is -2.54. The summed E-state index contributed by atoms with van der Waals surface area (Å²) in [5.74, 6) is 0.567. The molecule has 0 spiro atoms. The van der Waals surface area contributed by atoms with Crippen molar-refractivity contribution in [3.63, 3.8) is 0 Å². The molecule has 0 radical (unpaired) electrons. The third-order valence-electron chi connectivity index (χ3n) is 3.13. The van der Waals surface area contributed by atoms with E-state index < -0.39 is 9.84 Å². The molecule has 0 bridgehead atoms. The number of aromatic nitrogens is 3. The molecule has 6 nitrogen and oxygen atoms in total. The Balaban J connectivity index is 2.20. The Morgan fingerprint density at radius 2 is 1.82 bits per heavy atom. The number of sulfone groups is 1. The van der Waals surface area contributed by atoms with Gasteiger partial charge in [0.1, 0.15) is 11.5 Å². The maximum absolute atomic E-state index is 11.6. The van der Waals surface area contributed by atoms with Crippen molar-refractivity contribution < 1.29 is 12.9 Å². The van der Waals surface area contributed by atoms with Crippen molar-refractivity contribution in [2.24, 2.45) is 0 Å². The second-order valence-electron chi connectivity index (χ2n) is 4.83. The van der Waals surface area contributed by atoms with Gasteiger partial charge in [0.05, 0.1) is 11.3 Å². The van der Waals surface area contributed by atoms with Crippen molar-refractivity contribution in [1.82, 2.24) is 15.1 Å². The zero-order chi connectivity index (χ0) is 15.7. The molecule has 0 aliphatic heterocycles. The summed E-state index contributed by atoms with van der Waals surface area (Å²) >= 11 is 0. The highest BCUT2D eigenvalue weighted by atomic mass is 32.2. The molecule has 2 heterocycles. The van der Waals surface area contributed by atoms with Crippen LogP contribution in [0.25, 0.3) is 22.5 Å². The van der Waals surface area contributed by atoms with Crippen LogP contribution in [0.5, 0.6) is 0 Å². The van der Waals surface area contributed by atoms with Crippen molar-refractivity contribution >= 4 is 9.84 Å². The molecule has 3 aromatic rings. The highest BCUT2D eigenvalue weighted by Crippen LogP contribution is 2.33. The summed E-state index contributed by atoms with van der Waals surface area (Å²) in [4.78, 5) is 7.94. The van der Waals surface area contributed by atoms with Crippen LogP contribution in [0.3, 0.4) is 0 Å². The SMILES string of the molecule is Cc1onc(-c2ccccc2)c1-c1ccnc(S(C)(=O)=O)n1. The van der Waals surface area contributed by atoms with Gasteiger partial charge in [-0.3, -0.25) is 0 Å². The monoisotopic (exact) mass is 315 g/mol. The summed E-state index contributed by atoms with van der Waals surface area (Å²) < 4.78 is 28.5. The van der Waals surface area contributed by atoms with Gasteiger partial charge in [0, 0.05) is 18.0 Å². The number of hydrogen-bond acceptors (Lipinski definition) is 6. The lowest BCUT2D eigenvalue weighted by Gasteiger charge is -2.04. The van der Waals surface area contributed by atoms with Gasteiger partial charge >= 0.3 is 0 Å². The Labute approximate surface area is 127 Å². The van der Waals surface area contributed by atoms with Gasteiger partial charge in [-0.2, -0.15) is 0 Å². The van der Waals surface area contributed by atoms with Crippen molar-refractivity contribution in [1.29, 1.82) is 0 Å². The van der Waals surface area contributed by atoms with Gasteiger partial charge in [0.2, 0.25) is 15.0 Å². The zero-order valence-electron chi connectivity index (χ0n) is 12.0. The second-order valence-corrected chi connectivity index (χ2v) is 6.73. The molecule has 0 saturated carbocycles. The predicted octanol–water partition coefficient (Wildman–Crippen LogP) is 2.51. The Morgan fingerprint density at radius 3 is 2.50 bits per heavy atom. The predicted molar refractivity (Wildman–Crippen MR) is 80.8 cm³/mol. The third-order valence-corrected chi connectivity index (χ3v) is 3.99. The van der Waals surface area contributed by atoms with E-state index in [0.29, 0.717) is 22.7 Å². The molecule has 2 aromatic heterocycles. The molecule has 0 unspecified atom stereocenters. The zero-order valence-corrected chi connectivity index (χ0v) is 12.8. The minimum Gasteiger partial charge on any atom is -0.360 e. The van der Waals surface area contributed by atoms with Gasteiger partial charge in [0.25, 0.3) is 0 Å². The summed E-state index contributed by atoms with van der Waals surface area (Å²) in [6.45, 7) is 1.76. The van der Waals surface area contributed by atoms with E-state index in [1.165, 1.54) is 6.20 Å². The molecule has 0 amide bonds. The summed E-state index contributed by atoms with van der Waals surface area (Å²) in [6, 6.07) is 11.1. The van der Waals surface area contributed by atoms with Gasteiger partial charge in [0.15, 0.2) is 0 Å². The van der Waals surface area contributed by atoms with Crippen LogP contribution >= 0.6 is 0 Å². The molecule has 22 heavy (non-hydrogen) atoms. The molecule has 7 heteroatoms. The lowest BCUT2D eigenvalue weighted by atomic mass is 10.0. The van der Waals surface area contributed by atoms with Crippen LogP contribution in [-0.2, 0) is 9.84 Å². The van der Waals surface area contributed by atoms with E-state index in [1.807, 2.05) is 30.3 Å². The number of hydrogen-bond donors (Lipinski definition) is 0. The van der Waals surface area contributed by atoms with Crippen molar-refractivity contribution in [2.75, 3.05) is 6.26 Å². The normalized spacial score (nSPS) is 11.5. The van der Waals surface area contributed by atoms with Gasteiger partial charge < -0.3 is 4.52 Å². The summed E-state index contributed by atoms with van der Waals surface area (Å²) in [6.07, 6.45) is 2.49. The lowest BCUT2D eigenvalue weighted by molar-refractivity contribution is 0.400. The average Bonchev–Trinajstić information content (AvgIpc) is 2.89. The number of rotatable bonds is 3. The first kappa shape index (κ1) is 14.4. The van der Waals surface area contributed by atoms with Gasteiger partial charge in [-0.1, -0.05) is 35.5 Å². The van der Waals surface area contributed by atoms with Gasteiger partial charge in [-0.25, -0.2) is 18.4 Å². The first-order chi connectivity index (χ1) is 10.5. The summed E-state index contributed by atoms with van der Waals surface area (Å²) in [5, 5.41) is 3.85. The maximum atomic E-state index is 11.6. The van der Waals surface area contributed by atoms with Gasteiger partial charge in [-0.05, 0) is 13.0 Å². The molecular formula is C15H13N3O3S. The van der Waals surface area contributed by atoms with Crippen LogP contribution in [0, 0.1) is 6.92 Å². The third kappa shape index (κ3) is 2.62. The van der Waals surface area contributed by atoms with E-state index in [4.69, 9.17) is 4.52 Å². The summed E-state index contributed by atoms with van der Waals surface area (Å²) in [7, 11) is -3.48. The van der Waals surface area contributed by atoms with E-state index in [2.05, 4.69) is 15.1 Å². The fourth-order valence-corrected chi connectivity index (χ4v) is 2.64.